The Balaban J connectivity index is 5.65. The molecule has 0 rings (SSSR count). The van der Waals surface area contributed by atoms with Crippen LogP contribution in [0.2, 0.25) is 0 Å². The third kappa shape index (κ3) is 8.58. The molecule has 0 saturated heterocycles. The standard InChI is InChI=1S/C9H22Cl2NO9P3/c1-3-18-24(17,19-4-2)12-9(22(13,14)20-7-5-10)23(15,16)21-8-6-11/h9H,3-8H2,1-2H3,(H,12,17)(H,13,14)(H,15,16). The van der Waals surface area contributed by atoms with Crippen LogP contribution in [0.5, 0.6) is 0 Å². The molecule has 15 heteroatoms. The van der Waals surface area contributed by atoms with Crippen molar-refractivity contribution in [1.82, 2.24) is 5.09 Å². The first-order valence-corrected chi connectivity index (χ1v) is 12.7. The molecule has 0 aliphatic carbocycles. The van der Waals surface area contributed by atoms with Crippen molar-refractivity contribution in [1.29, 1.82) is 0 Å². The largest absolute Gasteiger partial charge is 0.406 e. The van der Waals surface area contributed by atoms with E-state index in [4.69, 9.17) is 32.2 Å². The summed E-state index contributed by atoms with van der Waals surface area (Å²) in [7, 11) is -13.8. The molecule has 0 heterocycles. The fourth-order valence-corrected chi connectivity index (χ4v) is 7.83. The van der Waals surface area contributed by atoms with E-state index >= 15 is 0 Å². The normalized spacial score (nSPS) is 18.8. The molecular weight excluding hydrogens is 430 g/mol. The van der Waals surface area contributed by atoms with Crippen LogP contribution in [0.1, 0.15) is 13.8 Å². The van der Waals surface area contributed by atoms with Gasteiger partial charge in [0.25, 0.3) is 0 Å². The van der Waals surface area contributed by atoms with Gasteiger partial charge in [0.2, 0.25) is 5.52 Å². The Morgan fingerprint density at radius 1 is 0.875 bits per heavy atom. The minimum absolute atomic E-state index is 0.0897. The minimum Gasteiger partial charge on any atom is -0.323 e. The number of halogens is 2. The lowest BCUT2D eigenvalue weighted by Gasteiger charge is -2.29. The van der Waals surface area contributed by atoms with Gasteiger partial charge >= 0.3 is 22.9 Å². The third-order valence-electron chi connectivity index (χ3n) is 2.20. The first kappa shape index (κ1) is 25.0. The molecular formula is C9H22Cl2NO9P3. The maximum atomic E-state index is 12.5. The van der Waals surface area contributed by atoms with Crippen LogP contribution in [-0.4, -0.2) is 53.5 Å². The van der Waals surface area contributed by atoms with Gasteiger partial charge in [0.05, 0.1) is 26.4 Å². The second kappa shape index (κ2) is 11.7. The van der Waals surface area contributed by atoms with Gasteiger partial charge in [-0.25, -0.2) is 4.57 Å². The Kier molecular flexibility index (Phi) is 12.1. The molecule has 0 aliphatic heterocycles. The highest BCUT2D eigenvalue weighted by molar-refractivity contribution is 7.72. The Bertz CT molecular complexity index is 471. The van der Waals surface area contributed by atoms with Crippen molar-refractivity contribution in [2.75, 3.05) is 38.2 Å². The first-order valence-electron chi connectivity index (χ1n) is 6.81. The zero-order valence-corrected chi connectivity index (χ0v) is 17.4. The number of alkyl halides is 2. The molecule has 0 amide bonds. The van der Waals surface area contributed by atoms with Gasteiger partial charge in [0, 0.05) is 11.8 Å². The Morgan fingerprint density at radius 3 is 1.54 bits per heavy atom. The van der Waals surface area contributed by atoms with E-state index in [2.05, 4.69) is 9.05 Å². The molecule has 0 aromatic heterocycles. The summed E-state index contributed by atoms with van der Waals surface area (Å²) in [6, 6.07) is 0. The number of hydrogen-bond acceptors (Lipinski definition) is 7. The second-order valence-corrected chi connectivity index (χ2v) is 10.7. The summed E-state index contributed by atoms with van der Waals surface area (Å²) in [6.45, 7) is 2.02. The predicted molar refractivity (Wildman–Crippen MR) is 90.8 cm³/mol. The Hall–Kier alpha value is 0.990. The highest BCUT2D eigenvalue weighted by Gasteiger charge is 2.51. The number of nitrogens with one attached hydrogen (secondary N) is 1. The van der Waals surface area contributed by atoms with E-state index in [1.54, 1.807) is 0 Å². The van der Waals surface area contributed by atoms with Crippen LogP contribution in [-0.2, 0) is 31.8 Å². The van der Waals surface area contributed by atoms with Crippen molar-refractivity contribution in [3.63, 3.8) is 0 Å². The Labute approximate surface area is 150 Å². The van der Waals surface area contributed by atoms with Crippen molar-refractivity contribution >= 4 is 46.1 Å². The fourth-order valence-electron chi connectivity index (χ4n) is 1.40. The molecule has 24 heavy (non-hydrogen) atoms. The minimum atomic E-state index is -4.83. The highest BCUT2D eigenvalue weighted by atomic mass is 35.5. The summed E-state index contributed by atoms with van der Waals surface area (Å²) in [5.41, 5.74) is -2.28. The fraction of sp³-hybridized carbons (Fsp3) is 1.00. The molecule has 0 radical (unpaired) electrons. The number of hydrogen-bond donors (Lipinski definition) is 3. The summed E-state index contributed by atoms with van der Waals surface area (Å²) in [4.78, 5) is 19.9. The third-order valence-corrected chi connectivity index (χ3v) is 9.03. The van der Waals surface area contributed by atoms with Gasteiger partial charge in [0.1, 0.15) is 0 Å². The molecule has 3 N–H and O–H groups in total. The number of rotatable bonds is 14. The average Bonchev–Trinajstić information content (AvgIpc) is 2.49. The zero-order chi connectivity index (χ0) is 18.9. The summed E-state index contributed by atoms with van der Waals surface area (Å²) in [5.74, 6) is -0.297. The van der Waals surface area contributed by atoms with Crippen molar-refractivity contribution in [2.45, 2.75) is 19.4 Å². The topological polar surface area (TPSA) is 141 Å². The first-order chi connectivity index (χ1) is 11.1. The summed E-state index contributed by atoms with van der Waals surface area (Å²) < 4.78 is 56.2. The molecule has 0 bridgehead atoms. The lowest BCUT2D eigenvalue weighted by molar-refractivity contribution is 0.202. The van der Waals surface area contributed by atoms with Crippen LogP contribution >= 0.6 is 46.1 Å². The van der Waals surface area contributed by atoms with Crippen LogP contribution in [0.4, 0.5) is 0 Å². The highest BCUT2D eigenvalue weighted by Crippen LogP contribution is 2.67. The SMILES string of the molecule is CCOP(=O)(NC(P(=O)(O)OCCCl)P(=O)(O)OCCCl)OCC. The van der Waals surface area contributed by atoms with Crippen LogP contribution in [0.25, 0.3) is 0 Å². The van der Waals surface area contributed by atoms with Gasteiger partial charge in [0.15, 0.2) is 0 Å². The van der Waals surface area contributed by atoms with Crippen LogP contribution < -0.4 is 5.09 Å². The lowest BCUT2D eigenvalue weighted by Crippen LogP contribution is -2.30. The predicted octanol–water partition coefficient (Wildman–Crippen LogP) is 2.92. The van der Waals surface area contributed by atoms with Gasteiger partial charge in [-0.2, -0.15) is 5.09 Å². The molecule has 0 aromatic rings. The van der Waals surface area contributed by atoms with Crippen LogP contribution in [0.15, 0.2) is 0 Å². The maximum Gasteiger partial charge on any atom is 0.406 e. The molecule has 0 spiro atoms. The van der Waals surface area contributed by atoms with Crippen molar-refractivity contribution in [3.05, 3.63) is 0 Å². The van der Waals surface area contributed by atoms with Gasteiger partial charge in [-0.1, -0.05) is 0 Å². The smallest absolute Gasteiger partial charge is 0.323 e. The lowest BCUT2D eigenvalue weighted by atomic mass is 10.9. The quantitative estimate of drug-likeness (QED) is 0.266. The van der Waals surface area contributed by atoms with Crippen LogP contribution in [0.3, 0.4) is 0 Å². The van der Waals surface area contributed by atoms with Gasteiger partial charge in [-0.05, 0) is 13.8 Å². The molecule has 0 saturated carbocycles. The van der Waals surface area contributed by atoms with E-state index in [1.165, 1.54) is 13.8 Å². The van der Waals surface area contributed by atoms with Crippen molar-refractivity contribution in [2.24, 2.45) is 0 Å². The molecule has 0 aromatic carbocycles. The molecule has 10 nitrogen and oxygen atoms in total. The molecule has 146 valence electrons. The second-order valence-electron chi connectivity index (χ2n) is 4.01. The van der Waals surface area contributed by atoms with E-state index in [0.717, 1.165) is 0 Å². The van der Waals surface area contributed by atoms with Crippen molar-refractivity contribution in [3.8, 4) is 0 Å². The van der Waals surface area contributed by atoms with E-state index < -0.39 is 41.7 Å². The van der Waals surface area contributed by atoms with E-state index in [0.29, 0.717) is 0 Å². The molecule has 2 unspecified atom stereocenters. The molecule has 0 aliphatic rings. The van der Waals surface area contributed by atoms with E-state index in [-0.39, 0.29) is 25.0 Å². The van der Waals surface area contributed by atoms with Gasteiger partial charge < -0.3 is 18.8 Å². The van der Waals surface area contributed by atoms with E-state index in [9.17, 15) is 23.5 Å². The maximum absolute atomic E-state index is 12.5. The average molecular weight is 452 g/mol. The molecule has 2 atom stereocenters. The summed E-state index contributed by atoms with van der Waals surface area (Å²) >= 11 is 10.8. The Morgan fingerprint density at radius 2 is 1.25 bits per heavy atom. The van der Waals surface area contributed by atoms with Crippen LogP contribution in [0, 0.1) is 0 Å². The van der Waals surface area contributed by atoms with E-state index in [1.807, 2.05) is 5.09 Å². The summed E-state index contributed by atoms with van der Waals surface area (Å²) in [5, 5.41) is 1.98. The van der Waals surface area contributed by atoms with Gasteiger partial charge in [-0.15, -0.1) is 23.2 Å². The molecule has 0 fully saturated rings. The summed E-state index contributed by atoms with van der Waals surface area (Å²) in [6.07, 6.45) is 0. The van der Waals surface area contributed by atoms with Crippen molar-refractivity contribution < 1.29 is 41.6 Å². The zero-order valence-electron chi connectivity index (χ0n) is 13.2. The van der Waals surface area contributed by atoms with Gasteiger partial charge in [-0.3, -0.25) is 18.2 Å². The monoisotopic (exact) mass is 451 g/mol.